The topological polar surface area (TPSA) is 88.7 Å². The van der Waals surface area contributed by atoms with Crippen LogP contribution in [0.25, 0.3) is 0 Å². The average Bonchev–Trinajstić information content (AvgIpc) is 3.11. The van der Waals surface area contributed by atoms with Crippen LogP contribution >= 0.6 is 0 Å². The summed E-state index contributed by atoms with van der Waals surface area (Å²) in [5.74, 6) is -2.06. The quantitative estimate of drug-likeness (QED) is 0.848. The second-order valence-corrected chi connectivity index (χ2v) is 5.32. The number of benzene rings is 1. The summed E-state index contributed by atoms with van der Waals surface area (Å²) in [6.45, 7) is 1.01. The SMILES string of the molecule is O=C(ON1C(=O)c2ccccc2C1=O)c1cc2c([nH]1)CCOC2. The van der Waals surface area contributed by atoms with E-state index in [0.29, 0.717) is 24.7 Å². The van der Waals surface area contributed by atoms with Gasteiger partial charge in [-0.2, -0.15) is 0 Å². The van der Waals surface area contributed by atoms with Gasteiger partial charge < -0.3 is 14.6 Å². The minimum Gasteiger partial charge on any atom is -0.376 e. The van der Waals surface area contributed by atoms with Crippen molar-refractivity contribution >= 4 is 17.8 Å². The molecule has 7 heteroatoms. The number of aromatic nitrogens is 1. The van der Waals surface area contributed by atoms with Crippen molar-refractivity contribution in [3.05, 3.63) is 58.4 Å². The molecule has 2 amide bonds. The molecule has 1 aromatic heterocycles. The molecule has 0 bridgehead atoms. The van der Waals surface area contributed by atoms with Crippen LogP contribution in [-0.2, 0) is 22.6 Å². The zero-order valence-corrected chi connectivity index (χ0v) is 12.0. The number of hydrogen-bond donors (Lipinski definition) is 1. The highest BCUT2D eigenvalue weighted by Gasteiger charge is 2.39. The number of imide groups is 1. The number of amides is 2. The number of aromatic amines is 1. The molecule has 2 aliphatic rings. The van der Waals surface area contributed by atoms with Gasteiger partial charge in [0.2, 0.25) is 0 Å². The maximum absolute atomic E-state index is 12.2. The summed E-state index contributed by atoms with van der Waals surface area (Å²) in [4.78, 5) is 44.5. The van der Waals surface area contributed by atoms with Gasteiger partial charge in [0, 0.05) is 12.1 Å². The molecular weight excluding hydrogens is 300 g/mol. The van der Waals surface area contributed by atoms with Gasteiger partial charge in [0.25, 0.3) is 11.8 Å². The molecule has 0 radical (unpaired) electrons. The number of hydrogen-bond acceptors (Lipinski definition) is 5. The predicted octanol–water partition coefficient (Wildman–Crippen LogP) is 1.46. The maximum atomic E-state index is 12.2. The van der Waals surface area contributed by atoms with Gasteiger partial charge >= 0.3 is 5.97 Å². The number of hydroxylamine groups is 2. The maximum Gasteiger partial charge on any atom is 0.379 e. The number of fused-ring (bicyclic) bond motifs is 2. The molecule has 0 spiro atoms. The van der Waals surface area contributed by atoms with E-state index in [1.165, 1.54) is 12.1 Å². The van der Waals surface area contributed by atoms with Crippen LogP contribution in [0.5, 0.6) is 0 Å². The van der Waals surface area contributed by atoms with Crippen molar-refractivity contribution in [2.75, 3.05) is 6.61 Å². The van der Waals surface area contributed by atoms with Crippen molar-refractivity contribution < 1.29 is 24.0 Å². The van der Waals surface area contributed by atoms with E-state index in [9.17, 15) is 14.4 Å². The van der Waals surface area contributed by atoms with Gasteiger partial charge in [-0.05, 0) is 23.8 Å². The zero-order valence-electron chi connectivity index (χ0n) is 12.0. The molecule has 0 aliphatic carbocycles. The second kappa shape index (κ2) is 5.06. The Bertz CT molecular complexity index is 780. The number of carbonyl (C=O) groups excluding carboxylic acids is 3. The molecular formula is C16H12N2O5. The monoisotopic (exact) mass is 312 g/mol. The first-order valence-electron chi connectivity index (χ1n) is 7.14. The van der Waals surface area contributed by atoms with Crippen molar-refractivity contribution in [3.63, 3.8) is 0 Å². The summed E-state index contributed by atoms with van der Waals surface area (Å²) in [6.07, 6.45) is 0.676. The molecule has 1 aromatic carbocycles. The molecule has 0 saturated carbocycles. The lowest BCUT2D eigenvalue weighted by Crippen LogP contribution is -2.32. The Balaban J connectivity index is 1.57. The van der Waals surface area contributed by atoms with Crippen molar-refractivity contribution in [1.82, 2.24) is 10.0 Å². The van der Waals surface area contributed by atoms with Crippen LogP contribution in [0.15, 0.2) is 30.3 Å². The molecule has 3 heterocycles. The molecule has 4 rings (SSSR count). The van der Waals surface area contributed by atoms with Gasteiger partial charge in [-0.3, -0.25) is 9.59 Å². The molecule has 0 saturated heterocycles. The highest BCUT2D eigenvalue weighted by molar-refractivity contribution is 6.21. The standard InChI is InChI=1S/C16H12N2O5/c19-14-10-3-1-2-4-11(10)15(20)18(14)23-16(21)13-7-9-8-22-6-5-12(9)17-13/h1-4,7,17H,5-6,8H2. The van der Waals surface area contributed by atoms with E-state index in [1.807, 2.05) is 0 Å². The third-order valence-corrected chi connectivity index (χ3v) is 3.90. The van der Waals surface area contributed by atoms with Crippen LogP contribution < -0.4 is 0 Å². The average molecular weight is 312 g/mol. The van der Waals surface area contributed by atoms with Gasteiger partial charge in [0.05, 0.1) is 24.3 Å². The van der Waals surface area contributed by atoms with Crippen LogP contribution in [0.3, 0.4) is 0 Å². The molecule has 2 aromatic rings. The Morgan fingerprint density at radius 3 is 2.52 bits per heavy atom. The van der Waals surface area contributed by atoms with E-state index in [0.717, 1.165) is 11.3 Å². The Kier molecular flexibility index (Phi) is 3.02. The Labute approximate surface area is 130 Å². The molecule has 23 heavy (non-hydrogen) atoms. The van der Waals surface area contributed by atoms with E-state index in [-0.39, 0.29) is 16.8 Å². The third kappa shape index (κ3) is 2.13. The highest BCUT2D eigenvalue weighted by atomic mass is 16.7. The van der Waals surface area contributed by atoms with Crippen molar-refractivity contribution in [2.45, 2.75) is 13.0 Å². The van der Waals surface area contributed by atoms with Crippen LogP contribution in [0.1, 0.15) is 42.5 Å². The molecule has 7 nitrogen and oxygen atoms in total. The van der Waals surface area contributed by atoms with Crippen molar-refractivity contribution in [3.8, 4) is 0 Å². The number of ether oxygens (including phenoxy) is 1. The van der Waals surface area contributed by atoms with Crippen LogP contribution in [0, 0.1) is 0 Å². The fourth-order valence-corrected chi connectivity index (χ4v) is 2.74. The van der Waals surface area contributed by atoms with Gasteiger partial charge in [-0.15, -0.1) is 0 Å². The molecule has 116 valence electrons. The minimum absolute atomic E-state index is 0.192. The summed E-state index contributed by atoms with van der Waals surface area (Å²) in [5.41, 5.74) is 2.43. The van der Waals surface area contributed by atoms with Crippen molar-refractivity contribution in [1.29, 1.82) is 0 Å². The van der Waals surface area contributed by atoms with Crippen LogP contribution in [0.4, 0.5) is 0 Å². The first-order chi connectivity index (χ1) is 11.1. The summed E-state index contributed by atoms with van der Waals surface area (Å²) in [6, 6.07) is 7.96. The first-order valence-corrected chi connectivity index (χ1v) is 7.14. The largest absolute Gasteiger partial charge is 0.379 e. The van der Waals surface area contributed by atoms with Gasteiger partial charge in [-0.25, -0.2) is 4.79 Å². The Morgan fingerprint density at radius 2 is 1.87 bits per heavy atom. The number of rotatable bonds is 2. The van der Waals surface area contributed by atoms with Crippen molar-refractivity contribution in [2.24, 2.45) is 0 Å². The van der Waals surface area contributed by atoms with E-state index in [4.69, 9.17) is 9.57 Å². The summed E-state index contributed by atoms with van der Waals surface area (Å²) < 4.78 is 5.31. The normalized spacial score (nSPS) is 16.3. The zero-order chi connectivity index (χ0) is 16.0. The van der Waals surface area contributed by atoms with Crippen LogP contribution in [-0.4, -0.2) is 34.4 Å². The smallest absolute Gasteiger partial charge is 0.376 e. The number of carbonyl (C=O) groups is 3. The van der Waals surface area contributed by atoms with Crippen LogP contribution in [0.2, 0.25) is 0 Å². The molecule has 0 atom stereocenters. The minimum atomic E-state index is -0.783. The van der Waals surface area contributed by atoms with Gasteiger partial charge in [0.15, 0.2) is 0 Å². The lowest BCUT2D eigenvalue weighted by Gasteiger charge is -2.11. The molecule has 1 N–H and O–H groups in total. The number of H-pyrrole nitrogens is 1. The molecule has 0 fully saturated rings. The fraction of sp³-hybridized carbons (Fsp3) is 0.188. The lowest BCUT2D eigenvalue weighted by molar-refractivity contribution is -0.0588. The van der Waals surface area contributed by atoms with Gasteiger partial charge in [-0.1, -0.05) is 17.2 Å². The number of nitrogens with zero attached hydrogens (tertiary/aromatic N) is 1. The lowest BCUT2D eigenvalue weighted by atomic mass is 10.1. The second-order valence-electron chi connectivity index (χ2n) is 5.32. The predicted molar refractivity (Wildman–Crippen MR) is 76.5 cm³/mol. The number of nitrogens with one attached hydrogen (secondary N) is 1. The third-order valence-electron chi connectivity index (χ3n) is 3.90. The Hall–Kier alpha value is -2.93. The first kappa shape index (κ1) is 13.7. The summed E-state index contributed by atoms with van der Waals surface area (Å²) >= 11 is 0. The Morgan fingerprint density at radius 1 is 1.17 bits per heavy atom. The van der Waals surface area contributed by atoms with E-state index >= 15 is 0 Å². The van der Waals surface area contributed by atoms with Gasteiger partial charge in [0.1, 0.15) is 5.69 Å². The van der Waals surface area contributed by atoms with E-state index < -0.39 is 17.8 Å². The molecule has 2 aliphatic heterocycles. The van der Waals surface area contributed by atoms with E-state index in [1.54, 1.807) is 18.2 Å². The summed E-state index contributed by atoms with van der Waals surface area (Å²) in [5, 5.41) is 0.503. The fourth-order valence-electron chi connectivity index (χ4n) is 2.74. The summed E-state index contributed by atoms with van der Waals surface area (Å²) in [7, 11) is 0. The molecule has 0 unspecified atom stereocenters. The highest BCUT2D eigenvalue weighted by Crippen LogP contribution is 2.24. The van der Waals surface area contributed by atoms with E-state index in [2.05, 4.69) is 4.98 Å².